The average Bonchev–Trinajstić information content (AvgIpc) is 2.75. The van der Waals surface area contributed by atoms with E-state index in [1.165, 1.54) is 5.56 Å². The van der Waals surface area contributed by atoms with Crippen LogP contribution < -0.4 is 25.4 Å². The van der Waals surface area contributed by atoms with Crippen molar-refractivity contribution in [1.29, 1.82) is 0 Å². The fraction of sp³-hybridized carbons (Fsp3) is 0.333. The third-order valence-corrected chi connectivity index (χ3v) is 4.71. The quantitative estimate of drug-likeness (QED) is 0.590. The van der Waals surface area contributed by atoms with Crippen LogP contribution in [0.2, 0.25) is 0 Å². The highest BCUT2D eigenvalue weighted by Gasteiger charge is 2.21. The molecule has 3 N–H and O–H groups in total. The van der Waals surface area contributed by atoms with Crippen molar-refractivity contribution in [2.75, 3.05) is 32.2 Å². The molecule has 3 rings (SSSR count). The first-order chi connectivity index (χ1) is 13.6. The summed E-state index contributed by atoms with van der Waals surface area (Å²) in [5, 5.41) is 2.91. The maximum Gasteiger partial charge on any atom is 0.246 e. The van der Waals surface area contributed by atoms with Gasteiger partial charge in [0, 0.05) is 12.2 Å². The van der Waals surface area contributed by atoms with E-state index >= 15 is 0 Å². The number of nitrogens with two attached hydrogens (primary N) is 1. The molecule has 1 aliphatic rings. The number of methoxy groups -OCH3 is 2. The summed E-state index contributed by atoms with van der Waals surface area (Å²) in [5.74, 6) is 1.51. The largest absolute Gasteiger partial charge is 0.493 e. The molecule has 0 unspecified atom stereocenters. The van der Waals surface area contributed by atoms with Gasteiger partial charge >= 0.3 is 0 Å². The molecule has 2 aromatic carbocycles. The van der Waals surface area contributed by atoms with Crippen molar-refractivity contribution in [3.05, 3.63) is 53.6 Å². The number of nitrogens with one attached hydrogen (secondary N) is 1. The van der Waals surface area contributed by atoms with E-state index in [9.17, 15) is 4.79 Å². The smallest absolute Gasteiger partial charge is 0.246 e. The van der Waals surface area contributed by atoms with Crippen molar-refractivity contribution >= 4 is 17.6 Å². The van der Waals surface area contributed by atoms with Gasteiger partial charge < -0.3 is 25.4 Å². The van der Waals surface area contributed by atoms with Gasteiger partial charge in [-0.15, -0.1) is 0 Å². The van der Waals surface area contributed by atoms with E-state index in [0.717, 1.165) is 30.6 Å². The molecule has 0 aliphatic carbocycles. The molecule has 7 heteroatoms. The number of amides is 1. The van der Waals surface area contributed by atoms with E-state index in [-0.39, 0.29) is 18.4 Å². The zero-order valence-electron chi connectivity index (χ0n) is 16.3. The molecule has 0 bridgehead atoms. The van der Waals surface area contributed by atoms with Crippen LogP contribution in [-0.2, 0) is 17.8 Å². The standard InChI is InChI=1S/C21H26N4O3/c1-27-18-10-9-15(12-19(18)28-2)13-23-21(22)24-14-20(26)25-11-5-7-16-6-3-4-8-17(16)25/h3-4,6,8-10,12H,5,7,11,13-14H2,1-2H3,(H3,22,23,24). The lowest BCUT2D eigenvalue weighted by atomic mass is 10.0. The lowest BCUT2D eigenvalue weighted by Crippen LogP contribution is -2.44. The number of carbonyl (C=O) groups is 1. The van der Waals surface area contributed by atoms with Gasteiger partial charge in [-0.2, -0.15) is 0 Å². The van der Waals surface area contributed by atoms with Crippen LogP contribution in [0.25, 0.3) is 0 Å². The van der Waals surface area contributed by atoms with E-state index in [4.69, 9.17) is 15.2 Å². The van der Waals surface area contributed by atoms with E-state index in [0.29, 0.717) is 18.0 Å². The molecule has 0 saturated heterocycles. The first-order valence-corrected chi connectivity index (χ1v) is 9.25. The molecule has 1 amide bonds. The SMILES string of the molecule is COc1ccc(CN=C(N)NCC(=O)N2CCCc3ccccc32)cc1OC. The number of hydrogen-bond donors (Lipinski definition) is 2. The number of rotatable bonds is 6. The number of guanidine groups is 1. The maximum atomic E-state index is 12.6. The molecule has 28 heavy (non-hydrogen) atoms. The average molecular weight is 382 g/mol. The Labute approximate surface area is 165 Å². The van der Waals surface area contributed by atoms with E-state index < -0.39 is 0 Å². The number of fused-ring (bicyclic) bond motifs is 1. The van der Waals surface area contributed by atoms with E-state index in [1.54, 1.807) is 14.2 Å². The van der Waals surface area contributed by atoms with Gasteiger partial charge in [-0.25, -0.2) is 4.99 Å². The molecule has 0 fully saturated rings. The number of hydrogen-bond acceptors (Lipinski definition) is 4. The van der Waals surface area contributed by atoms with Gasteiger partial charge in [0.2, 0.25) is 5.91 Å². The number of para-hydroxylation sites is 1. The minimum atomic E-state index is -0.0172. The Kier molecular flexibility index (Phi) is 6.37. The van der Waals surface area contributed by atoms with Crippen LogP contribution in [-0.4, -0.2) is 39.2 Å². The van der Waals surface area contributed by atoms with Gasteiger partial charge in [0.15, 0.2) is 17.5 Å². The number of nitrogens with zero attached hydrogens (tertiary/aromatic N) is 2. The summed E-state index contributed by atoms with van der Waals surface area (Å²) < 4.78 is 10.5. The van der Waals surface area contributed by atoms with Crippen LogP contribution in [0, 0.1) is 0 Å². The summed E-state index contributed by atoms with van der Waals surface area (Å²) in [5.41, 5.74) is 9.06. The molecule has 0 saturated carbocycles. The Morgan fingerprint density at radius 3 is 2.75 bits per heavy atom. The van der Waals surface area contributed by atoms with Crippen LogP contribution in [0.4, 0.5) is 5.69 Å². The summed E-state index contributed by atoms with van der Waals surface area (Å²) in [6, 6.07) is 13.6. The molecular weight excluding hydrogens is 356 g/mol. The maximum absolute atomic E-state index is 12.6. The highest BCUT2D eigenvalue weighted by atomic mass is 16.5. The summed E-state index contributed by atoms with van der Waals surface area (Å²) in [7, 11) is 3.18. The zero-order valence-corrected chi connectivity index (χ0v) is 16.3. The van der Waals surface area contributed by atoms with E-state index in [2.05, 4.69) is 16.4 Å². The second-order valence-electron chi connectivity index (χ2n) is 6.52. The molecular formula is C21H26N4O3. The van der Waals surface area contributed by atoms with Crippen LogP contribution in [0.15, 0.2) is 47.5 Å². The fourth-order valence-electron chi connectivity index (χ4n) is 3.27. The molecule has 7 nitrogen and oxygen atoms in total. The Morgan fingerprint density at radius 1 is 1.18 bits per heavy atom. The van der Waals surface area contributed by atoms with Crippen molar-refractivity contribution in [1.82, 2.24) is 5.32 Å². The predicted molar refractivity (Wildman–Crippen MR) is 110 cm³/mol. The first-order valence-electron chi connectivity index (χ1n) is 9.25. The van der Waals surface area contributed by atoms with Gasteiger partial charge in [-0.1, -0.05) is 24.3 Å². The predicted octanol–water partition coefficient (Wildman–Crippen LogP) is 2.09. The number of aryl methyl sites for hydroxylation is 1. The van der Waals surface area contributed by atoms with Gasteiger partial charge in [0.05, 0.1) is 27.3 Å². The minimum absolute atomic E-state index is 0.0172. The third kappa shape index (κ3) is 4.54. The highest BCUT2D eigenvalue weighted by molar-refractivity contribution is 5.97. The number of aliphatic imine (C=N–C) groups is 1. The van der Waals surface area contributed by atoms with Gasteiger partial charge in [0.1, 0.15) is 0 Å². The third-order valence-electron chi connectivity index (χ3n) is 4.71. The Hall–Kier alpha value is -3.22. The molecule has 148 valence electrons. The minimum Gasteiger partial charge on any atom is -0.493 e. The molecule has 1 aliphatic heterocycles. The monoisotopic (exact) mass is 382 g/mol. The topological polar surface area (TPSA) is 89.2 Å². The summed E-state index contributed by atoms with van der Waals surface area (Å²) >= 11 is 0. The van der Waals surface area contributed by atoms with Gasteiger partial charge in [-0.3, -0.25) is 4.79 Å². The van der Waals surface area contributed by atoms with Crippen molar-refractivity contribution in [2.45, 2.75) is 19.4 Å². The van der Waals surface area contributed by atoms with Crippen LogP contribution in [0.5, 0.6) is 11.5 Å². The molecule has 0 spiro atoms. The second kappa shape index (κ2) is 9.12. The van der Waals surface area contributed by atoms with Gasteiger partial charge in [-0.05, 0) is 42.2 Å². The van der Waals surface area contributed by atoms with Crippen LogP contribution in [0.1, 0.15) is 17.5 Å². The summed E-state index contributed by atoms with van der Waals surface area (Å²) in [4.78, 5) is 18.7. The van der Waals surface area contributed by atoms with Crippen LogP contribution >= 0.6 is 0 Å². The number of anilines is 1. The Balaban J connectivity index is 1.57. The van der Waals surface area contributed by atoms with Crippen molar-refractivity contribution in [3.8, 4) is 11.5 Å². The fourth-order valence-corrected chi connectivity index (χ4v) is 3.27. The number of ether oxygens (including phenoxy) is 2. The molecule has 0 atom stereocenters. The normalized spacial score (nSPS) is 13.6. The Morgan fingerprint density at radius 2 is 1.96 bits per heavy atom. The van der Waals surface area contributed by atoms with Gasteiger partial charge in [0.25, 0.3) is 0 Å². The summed E-state index contributed by atoms with van der Waals surface area (Å²) in [6.07, 6.45) is 1.97. The molecule has 2 aromatic rings. The first kappa shape index (κ1) is 19.5. The molecule has 1 heterocycles. The highest BCUT2D eigenvalue weighted by Crippen LogP contribution is 2.28. The number of carbonyl (C=O) groups excluding carboxylic acids is 1. The number of benzene rings is 2. The summed E-state index contributed by atoms with van der Waals surface area (Å²) in [6.45, 7) is 1.20. The second-order valence-corrected chi connectivity index (χ2v) is 6.52. The lowest BCUT2D eigenvalue weighted by molar-refractivity contribution is -0.117. The van der Waals surface area contributed by atoms with Crippen molar-refractivity contribution < 1.29 is 14.3 Å². The zero-order chi connectivity index (χ0) is 19.9. The van der Waals surface area contributed by atoms with E-state index in [1.807, 2.05) is 41.3 Å². The molecule has 0 aromatic heterocycles. The molecule has 0 radical (unpaired) electrons. The van der Waals surface area contributed by atoms with Crippen molar-refractivity contribution in [3.63, 3.8) is 0 Å². The lowest BCUT2D eigenvalue weighted by Gasteiger charge is -2.29. The van der Waals surface area contributed by atoms with Crippen LogP contribution in [0.3, 0.4) is 0 Å². The van der Waals surface area contributed by atoms with Crippen molar-refractivity contribution in [2.24, 2.45) is 10.7 Å². The Bertz CT molecular complexity index is 866.